The van der Waals surface area contributed by atoms with Crippen molar-refractivity contribution in [2.45, 2.75) is 18.6 Å². The minimum atomic E-state index is -1.94. The smallest absolute Gasteiger partial charge is 0.264 e. The van der Waals surface area contributed by atoms with Crippen molar-refractivity contribution < 1.29 is 24.2 Å². The minimum Gasteiger partial charge on any atom is -0.493 e. The highest BCUT2D eigenvalue weighted by Gasteiger charge is 2.50. The number of carbonyl (C=O) groups excluding carboxylic acids is 2. The third-order valence-corrected chi connectivity index (χ3v) is 6.08. The predicted molar refractivity (Wildman–Crippen MR) is 124 cm³/mol. The van der Waals surface area contributed by atoms with Crippen LogP contribution in [-0.4, -0.2) is 31.0 Å². The normalized spacial score (nSPS) is 17.2. The number of para-hydroxylation sites is 1. The van der Waals surface area contributed by atoms with Crippen LogP contribution >= 0.6 is 15.9 Å². The first kappa shape index (κ1) is 22.0. The molecule has 3 aromatic rings. The van der Waals surface area contributed by atoms with Crippen molar-refractivity contribution in [3.8, 4) is 11.5 Å². The Bertz CT molecular complexity index is 1190. The van der Waals surface area contributed by atoms with Crippen molar-refractivity contribution in [1.82, 2.24) is 0 Å². The summed E-state index contributed by atoms with van der Waals surface area (Å²) < 4.78 is 11.4. The highest BCUT2D eigenvalue weighted by Crippen LogP contribution is 2.44. The Morgan fingerprint density at radius 1 is 1.00 bits per heavy atom. The first-order valence-electron chi connectivity index (χ1n) is 10.0. The third kappa shape index (κ3) is 3.89. The fourth-order valence-corrected chi connectivity index (χ4v) is 4.39. The van der Waals surface area contributed by atoms with Gasteiger partial charge in [-0.15, -0.1) is 0 Å². The van der Waals surface area contributed by atoms with Crippen molar-refractivity contribution in [1.29, 1.82) is 0 Å². The second-order valence-corrected chi connectivity index (χ2v) is 8.48. The van der Waals surface area contributed by atoms with Gasteiger partial charge in [-0.1, -0.05) is 52.3 Å². The topological polar surface area (TPSA) is 76.1 Å². The van der Waals surface area contributed by atoms with Gasteiger partial charge in [-0.25, -0.2) is 0 Å². The standard InChI is InChI=1S/C25H22BrNO5/c1-31-22-11-10-16(12-23(22)32-2)15-27-20-9-4-3-8-19(20)25(30,24(27)29)14-21(28)17-6-5-7-18(26)13-17/h3-13,30H,14-15H2,1-2H3/t25-/m1/s1. The van der Waals surface area contributed by atoms with E-state index in [1.165, 1.54) is 4.90 Å². The van der Waals surface area contributed by atoms with Gasteiger partial charge in [-0.2, -0.15) is 0 Å². The lowest BCUT2D eigenvalue weighted by atomic mass is 9.88. The Morgan fingerprint density at radius 2 is 1.75 bits per heavy atom. The molecular formula is C25H22BrNO5. The zero-order valence-electron chi connectivity index (χ0n) is 17.7. The molecule has 6 nitrogen and oxygen atoms in total. The number of fused-ring (bicyclic) bond motifs is 1. The van der Waals surface area contributed by atoms with Crippen LogP contribution in [0.3, 0.4) is 0 Å². The molecule has 0 aliphatic carbocycles. The van der Waals surface area contributed by atoms with E-state index in [0.29, 0.717) is 28.3 Å². The fraction of sp³-hybridized carbons (Fsp3) is 0.200. The van der Waals surface area contributed by atoms with E-state index < -0.39 is 11.5 Å². The molecule has 0 aromatic heterocycles. The largest absolute Gasteiger partial charge is 0.493 e. The molecule has 1 amide bonds. The number of hydrogen-bond acceptors (Lipinski definition) is 5. The predicted octanol–water partition coefficient (Wildman–Crippen LogP) is 4.47. The summed E-state index contributed by atoms with van der Waals surface area (Å²) in [6.07, 6.45) is -0.346. The zero-order valence-corrected chi connectivity index (χ0v) is 19.3. The zero-order chi connectivity index (χ0) is 22.9. The number of amides is 1. The van der Waals surface area contributed by atoms with Crippen molar-refractivity contribution in [3.63, 3.8) is 0 Å². The number of ketones is 1. The van der Waals surface area contributed by atoms with Crippen LogP contribution < -0.4 is 14.4 Å². The van der Waals surface area contributed by atoms with Crippen LogP contribution in [0.1, 0.15) is 27.9 Å². The highest BCUT2D eigenvalue weighted by molar-refractivity contribution is 9.10. The maximum absolute atomic E-state index is 13.5. The summed E-state index contributed by atoms with van der Waals surface area (Å²) in [5, 5.41) is 11.5. The van der Waals surface area contributed by atoms with E-state index in [9.17, 15) is 14.7 Å². The molecule has 0 unspecified atom stereocenters. The van der Waals surface area contributed by atoms with E-state index in [4.69, 9.17) is 9.47 Å². The summed E-state index contributed by atoms with van der Waals surface area (Å²) in [4.78, 5) is 27.9. The SMILES string of the molecule is COc1ccc(CN2C(=O)[C@@](O)(CC(=O)c3cccc(Br)c3)c3ccccc32)cc1OC. The molecule has 0 bridgehead atoms. The number of aliphatic hydroxyl groups is 1. The Balaban J connectivity index is 1.67. The van der Waals surface area contributed by atoms with Crippen LogP contribution in [0.2, 0.25) is 0 Å². The molecule has 1 N–H and O–H groups in total. The van der Waals surface area contributed by atoms with Crippen LogP contribution in [0.25, 0.3) is 0 Å². The van der Waals surface area contributed by atoms with Gasteiger partial charge < -0.3 is 19.5 Å². The second kappa shape index (κ2) is 8.76. The summed E-state index contributed by atoms with van der Waals surface area (Å²) in [5.41, 5.74) is 0.294. The number of ether oxygens (including phenoxy) is 2. The summed E-state index contributed by atoms with van der Waals surface area (Å²) in [6, 6.07) is 19.3. The molecule has 0 saturated heterocycles. The number of carbonyl (C=O) groups is 2. The molecule has 1 heterocycles. The monoisotopic (exact) mass is 495 g/mol. The molecule has 1 aliphatic heterocycles. The second-order valence-electron chi connectivity index (χ2n) is 7.57. The molecule has 0 fully saturated rings. The van der Waals surface area contributed by atoms with E-state index in [1.54, 1.807) is 68.8 Å². The van der Waals surface area contributed by atoms with Gasteiger partial charge in [0.1, 0.15) is 0 Å². The average Bonchev–Trinajstić information content (AvgIpc) is 3.01. The van der Waals surface area contributed by atoms with Gasteiger partial charge in [0.05, 0.1) is 32.9 Å². The number of Topliss-reactive ketones (excluding diaryl/α,β-unsaturated/α-hetero) is 1. The van der Waals surface area contributed by atoms with Crippen LogP contribution in [0.15, 0.2) is 71.2 Å². The quantitative estimate of drug-likeness (QED) is 0.489. The minimum absolute atomic E-state index is 0.212. The fourth-order valence-electron chi connectivity index (χ4n) is 3.99. The maximum atomic E-state index is 13.5. The molecule has 1 atom stereocenters. The van der Waals surface area contributed by atoms with Gasteiger partial charge >= 0.3 is 0 Å². The first-order valence-corrected chi connectivity index (χ1v) is 10.8. The number of halogens is 1. The number of nitrogens with zero attached hydrogens (tertiary/aromatic N) is 1. The molecule has 1 aliphatic rings. The van der Waals surface area contributed by atoms with Crippen LogP contribution in [0, 0.1) is 0 Å². The van der Waals surface area contributed by atoms with Crippen LogP contribution in [0.4, 0.5) is 5.69 Å². The Kier molecular flexibility index (Phi) is 6.04. The van der Waals surface area contributed by atoms with E-state index in [2.05, 4.69) is 15.9 Å². The summed E-state index contributed by atoms with van der Waals surface area (Å²) in [6.45, 7) is 0.212. The lowest BCUT2D eigenvalue weighted by Crippen LogP contribution is -2.41. The number of hydrogen-bond donors (Lipinski definition) is 1. The molecule has 164 valence electrons. The van der Waals surface area contributed by atoms with E-state index in [0.717, 1.165) is 10.0 Å². The summed E-state index contributed by atoms with van der Waals surface area (Å²) in [7, 11) is 3.10. The molecule has 0 radical (unpaired) electrons. The first-order chi connectivity index (χ1) is 15.4. The lowest BCUT2D eigenvalue weighted by Gasteiger charge is -2.23. The highest BCUT2D eigenvalue weighted by atomic mass is 79.9. The Morgan fingerprint density at radius 3 is 2.47 bits per heavy atom. The summed E-state index contributed by atoms with van der Waals surface area (Å²) >= 11 is 3.35. The number of anilines is 1. The lowest BCUT2D eigenvalue weighted by molar-refractivity contribution is -0.136. The molecule has 0 spiro atoms. The Hall–Kier alpha value is -3.16. The summed E-state index contributed by atoms with van der Waals surface area (Å²) in [5.74, 6) is 0.285. The molecule has 32 heavy (non-hydrogen) atoms. The van der Waals surface area contributed by atoms with Crippen molar-refractivity contribution >= 4 is 33.3 Å². The molecule has 0 saturated carbocycles. The third-order valence-electron chi connectivity index (χ3n) is 5.59. The van der Waals surface area contributed by atoms with E-state index in [-0.39, 0.29) is 18.7 Å². The van der Waals surface area contributed by atoms with Gasteiger partial charge in [-0.3, -0.25) is 9.59 Å². The van der Waals surface area contributed by atoms with Crippen molar-refractivity contribution in [2.24, 2.45) is 0 Å². The van der Waals surface area contributed by atoms with Gasteiger partial charge in [0.25, 0.3) is 5.91 Å². The van der Waals surface area contributed by atoms with Gasteiger partial charge in [0.2, 0.25) is 0 Å². The van der Waals surface area contributed by atoms with Crippen molar-refractivity contribution in [3.05, 3.63) is 87.9 Å². The van der Waals surface area contributed by atoms with Gasteiger partial charge in [0, 0.05) is 15.6 Å². The maximum Gasteiger partial charge on any atom is 0.264 e. The molecule has 4 rings (SSSR count). The van der Waals surface area contributed by atoms with Gasteiger partial charge in [-0.05, 0) is 35.9 Å². The van der Waals surface area contributed by atoms with Gasteiger partial charge in [0.15, 0.2) is 22.9 Å². The Labute approximate surface area is 194 Å². The number of rotatable bonds is 7. The van der Waals surface area contributed by atoms with Crippen LogP contribution in [-0.2, 0) is 16.9 Å². The van der Waals surface area contributed by atoms with E-state index >= 15 is 0 Å². The van der Waals surface area contributed by atoms with E-state index in [1.807, 2.05) is 12.1 Å². The van der Waals surface area contributed by atoms with Crippen LogP contribution in [0.5, 0.6) is 11.5 Å². The molecule has 3 aromatic carbocycles. The van der Waals surface area contributed by atoms with Crippen molar-refractivity contribution in [2.75, 3.05) is 19.1 Å². The average molecular weight is 496 g/mol. The number of methoxy groups -OCH3 is 2. The molecule has 7 heteroatoms. The molecular weight excluding hydrogens is 474 g/mol. The number of benzene rings is 3.